The van der Waals surface area contributed by atoms with Gasteiger partial charge in [-0.25, -0.2) is 4.39 Å². The molecular weight excluding hydrogens is 237 g/mol. The van der Waals surface area contributed by atoms with Crippen LogP contribution in [-0.2, 0) is 9.59 Å². The van der Waals surface area contributed by atoms with Crippen molar-refractivity contribution in [1.82, 2.24) is 5.32 Å². The highest BCUT2D eigenvalue weighted by molar-refractivity contribution is 5.79. The number of hydrogen-bond donors (Lipinski definition) is 2. The Morgan fingerprint density at radius 1 is 1.33 bits per heavy atom. The molecule has 0 aliphatic rings. The second-order valence-corrected chi connectivity index (χ2v) is 4.00. The molecule has 0 radical (unpaired) electrons. The van der Waals surface area contributed by atoms with Gasteiger partial charge >= 0.3 is 5.97 Å². The van der Waals surface area contributed by atoms with Crippen LogP contribution in [0.4, 0.5) is 4.39 Å². The summed E-state index contributed by atoms with van der Waals surface area (Å²) in [4.78, 5) is 22.4. The molecule has 0 saturated carbocycles. The van der Waals surface area contributed by atoms with E-state index in [1.807, 2.05) is 6.92 Å². The van der Waals surface area contributed by atoms with E-state index in [-0.39, 0.29) is 12.5 Å². The van der Waals surface area contributed by atoms with E-state index in [9.17, 15) is 14.0 Å². The standard InChI is InChI=1S/C13H16FNO3/c1-2-3-12(16)15-8-11(13(17)18)9-4-6-10(14)7-5-9/h4-7,11H,2-3,8H2,1H3,(H,15,16)(H,17,18). The monoisotopic (exact) mass is 253 g/mol. The van der Waals surface area contributed by atoms with E-state index in [4.69, 9.17) is 5.11 Å². The molecule has 18 heavy (non-hydrogen) atoms. The zero-order valence-electron chi connectivity index (χ0n) is 10.1. The second kappa shape index (κ2) is 6.74. The van der Waals surface area contributed by atoms with Gasteiger partial charge in [-0.3, -0.25) is 9.59 Å². The summed E-state index contributed by atoms with van der Waals surface area (Å²) in [7, 11) is 0. The Morgan fingerprint density at radius 3 is 2.44 bits per heavy atom. The van der Waals surface area contributed by atoms with Crippen LogP contribution in [0.15, 0.2) is 24.3 Å². The number of benzene rings is 1. The Morgan fingerprint density at radius 2 is 1.94 bits per heavy atom. The first-order chi connectivity index (χ1) is 8.54. The van der Waals surface area contributed by atoms with Crippen LogP contribution in [0, 0.1) is 5.82 Å². The van der Waals surface area contributed by atoms with Crippen LogP contribution in [0.5, 0.6) is 0 Å². The van der Waals surface area contributed by atoms with Crippen molar-refractivity contribution in [2.45, 2.75) is 25.7 Å². The molecule has 1 aromatic rings. The van der Waals surface area contributed by atoms with Crippen LogP contribution in [0.25, 0.3) is 0 Å². The lowest BCUT2D eigenvalue weighted by Crippen LogP contribution is -2.31. The van der Waals surface area contributed by atoms with Gasteiger partial charge in [0.25, 0.3) is 0 Å². The molecule has 1 aromatic carbocycles. The van der Waals surface area contributed by atoms with Crippen molar-refractivity contribution in [2.75, 3.05) is 6.54 Å². The molecule has 5 heteroatoms. The van der Waals surface area contributed by atoms with Crippen molar-refractivity contribution >= 4 is 11.9 Å². The van der Waals surface area contributed by atoms with Crippen LogP contribution in [0.1, 0.15) is 31.2 Å². The first-order valence-corrected chi connectivity index (χ1v) is 5.79. The SMILES string of the molecule is CCCC(=O)NCC(C(=O)O)c1ccc(F)cc1. The molecule has 0 bridgehead atoms. The smallest absolute Gasteiger partial charge is 0.312 e. The van der Waals surface area contributed by atoms with Gasteiger partial charge in [0.2, 0.25) is 5.91 Å². The van der Waals surface area contributed by atoms with Crippen molar-refractivity contribution in [3.8, 4) is 0 Å². The number of carbonyl (C=O) groups is 2. The van der Waals surface area contributed by atoms with Gasteiger partial charge in [-0.05, 0) is 24.1 Å². The zero-order chi connectivity index (χ0) is 13.5. The quantitative estimate of drug-likeness (QED) is 0.813. The van der Waals surface area contributed by atoms with E-state index in [1.165, 1.54) is 24.3 Å². The topological polar surface area (TPSA) is 66.4 Å². The van der Waals surface area contributed by atoms with Crippen molar-refractivity contribution in [3.63, 3.8) is 0 Å². The van der Waals surface area contributed by atoms with E-state index in [1.54, 1.807) is 0 Å². The van der Waals surface area contributed by atoms with Crippen LogP contribution >= 0.6 is 0 Å². The predicted octanol–water partition coefficient (Wildman–Crippen LogP) is 1.91. The number of carboxylic acids is 1. The second-order valence-electron chi connectivity index (χ2n) is 4.00. The summed E-state index contributed by atoms with van der Waals surface area (Å²) >= 11 is 0. The number of carbonyl (C=O) groups excluding carboxylic acids is 1. The van der Waals surface area contributed by atoms with Crippen molar-refractivity contribution in [3.05, 3.63) is 35.6 Å². The van der Waals surface area contributed by atoms with Gasteiger partial charge in [-0.15, -0.1) is 0 Å². The van der Waals surface area contributed by atoms with E-state index < -0.39 is 17.7 Å². The third kappa shape index (κ3) is 4.16. The minimum absolute atomic E-state index is 0.0137. The first-order valence-electron chi connectivity index (χ1n) is 5.79. The predicted molar refractivity (Wildman–Crippen MR) is 64.7 cm³/mol. The molecule has 0 spiro atoms. The number of halogens is 1. The number of rotatable bonds is 6. The molecule has 0 fully saturated rings. The van der Waals surface area contributed by atoms with Gasteiger partial charge in [0.1, 0.15) is 5.82 Å². The Balaban J connectivity index is 2.69. The maximum absolute atomic E-state index is 12.7. The molecule has 4 nitrogen and oxygen atoms in total. The lowest BCUT2D eigenvalue weighted by Gasteiger charge is -2.13. The molecular formula is C13H16FNO3. The molecule has 0 aliphatic carbocycles. The lowest BCUT2D eigenvalue weighted by atomic mass is 9.99. The fourth-order valence-electron chi connectivity index (χ4n) is 1.57. The fourth-order valence-corrected chi connectivity index (χ4v) is 1.57. The molecule has 98 valence electrons. The highest BCUT2D eigenvalue weighted by Crippen LogP contribution is 2.16. The molecule has 0 aliphatic heterocycles. The van der Waals surface area contributed by atoms with Crippen LogP contribution < -0.4 is 5.32 Å². The Bertz CT molecular complexity index is 417. The molecule has 1 rings (SSSR count). The largest absolute Gasteiger partial charge is 0.481 e. The molecule has 2 N–H and O–H groups in total. The summed E-state index contributed by atoms with van der Waals surface area (Å²) in [5.74, 6) is -2.49. The zero-order valence-corrected chi connectivity index (χ0v) is 10.1. The third-order valence-electron chi connectivity index (χ3n) is 2.55. The molecule has 1 atom stereocenters. The highest BCUT2D eigenvalue weighted by Gasteiger charge is 2.20. The number of nitrogens with one attached hydrogen (secondary N) is 1. The fraction of sp³-hybridized carbons (Fsp3) is 0.385. The lowest BCUT2D eigenvalue weighted by molar-refractivity contribution is -0.138. The van der Waals surface area contributed by atoms with Gasteiger partial charge in [0.15, 0.2) is 0 Å². The Hall–Kier alpha value is -1.91. The summed E-state index contributed by atoms with van der Waals surface area (Å²) in [5, 5.41) is 11.7. The van der Waals surface area contributed by atoms with Crippen molar-refractivity contribution in [1.29, 1.82) is 0 Å². The van der Waals surface area contributed by atoms with Crippen LogP contribution in [-0.4, -0.2) is 23.5 Å². The van der Waals surface area contributed by atoms with Gasteiger partial charge in [0.05, 0.1) is 5.92 Å². The van der Waals surface area contributed by atoms with Gasteiger partial charge in [0, 0.05) is 13.0 Å². The minimum Gasteiger partial charge on any atom is -0.481 e. The van der Waals surface area contributed by atoms with Gasteiger partial charge in [-0.2, -0.15) is 0 Å². The summed E-state index contributed by atoms with van der Waals surface area (Å²) < 4.78 is 12.7. The number of amides is 1. The van der Waals surface area contributed by atoms with Crippen LogP contribution in [0.2, 0.25) is 0 Å². The maximum Gasteiger partial charge on any atom is 0.312 e. The summed E-state index contributed by atoms with van der Waals surface area (Å²) in [6.07, 6.45) is 1.08. The number of aliphatic carboxylic acids is 1. The molecule has 0 aromatic heterocycles. The van der Waals surface area contributed by atoms with Crippen molar-refractivity contribution < 1.29 is 19.1 Å². The van der Waals surface area contributed by atoms with E-state index in [2.05, 4.69) is 5.32 Å². The molecule has 1 amide bonds. The normalized spacial score (nSPS) is 11.9. The number of hydrogen-bond acceptors (Lipinski definition) is 2. The minimum atomic E-state index is -1.04. The highest BCUT2D eigenvalue weighted by atomic mass is 19.1. The van der Waals surface area contributed by atoms with E-state index >= 15 is 0 Å². The average molecular weight is 253 g/mol. The molecule has 1 unspecified atom stereocenters. The molecule has 0 heterocycles. The Labute approximate surface area is 105 Å². The van der Waals surface area contributed by atoms with E-state index in [0.29, 0.717) is 18.4 Å². The first kappa shape index (κ1) is 14.2. The van der Waals surface area contributed by atoms with Crippen molar-refractivity contribution in [2.24, 2.45) is 0 Å². The average Bonchev–Trinajstić information content (AvgIpc) is 2.31. The summed E-state index contributed by atoms with van der Waals surface area (Å²) in [6.45, 7) is 1.88. The Kier molecular flexibility index (Phi) is 5.30. The third-order valence-corrected chi connectivity index (χ3v) is 2.55. The van der Waals surface area contributed by atoms with E-state index in [0.717, 1.165) is 0 Å². The van der Waals surface area contributed by atoms with Gasteiger partial charge in [-0.1, -0.05) is 19.1 Å². The molecule has 0 saturated heterocycles. The summed E-state index contributed by atoms with van der Waals surface area (Å²) in [5.41, 5.74) is 0.473. The number of carboxylic acid groups (broad SMARTS) is 1. The van der Waals surface area contributed by atoms with Crippen LogP contribution in [0.3, 0.4) is 0 Å². The maximum atomic E-state index is 12.7. The van der Waals surface area contributed by atoms with Gasteiger partial charge < -0.3 is 10.4 Å². The summed E-state index contributed by atoms with van der Waals surface area (Å²) in [6, 6.07) is 5.25.